The van der Waals surface area contributed by atoms with Gasteiger partial charge in [-0.25, -0.2) is 0 Å². The van der Waals surface area contributed by atoms with E-state index < -0.39 is 16.2 Å². The highest BCUT2D eigenvalue weighted by atomic mass is 16.5. The van der Waals surface area contributed by atoms with E-state index in [1.165, 1.54) is 106 Å². The minimum atomic E-state index is -0.658. The van der Waals surface area contributed by atoms with Crippen molar-refractivity contribution >= 4 is 38.6 Å². The number of ether oxygens (including phenoxy) is 1. The van der Waals surface area contributed by atoms with Crippen LogP contribution < -0.4 is 9.64 Å². The molecule has 14 aromatic rings. The molecule has 0 saturated heterocycles. The number of allylic oxidation sites excluding steroid dienone is 4. The average molecular weight is 1160 g/mol. The molecule has 0 fully saturated rings. The van der Waals surface area contributed by atoms with Gasteiger partial charge in [-0.1, -0.05) is 291 Å². The highest BCUT2D eigenvalue weighted by Crippen LogP contribution is 2.67. The van der Waals surface area contributed by atoms with E-state index in [0.717, 1.165) is 79.6 Å². The van der Waals surface area contributed by atoms with Gasteiger partial charge in [-0.05, 0) is 166 Å². The third-order valence-corrected chi connectivity index (χ3v) is 21.5. The van der Waals surface area contributed by atoms with Gasteiger partial charge >= 0.3 is 0 Å². The summed E-state index contributed by atoms with van der Waals surface area (Å²) in [5.41, 5.74) is 29.8. The highest BCUT2D eigenvalue weighted by Gasteiger charge is 2.54. The molecule has 2 spiro atoms. The van der Waals surface area contributed by atoms with Crippen molar-refractivity contribution in [3.05, 3.63) is 388 Å². The van der Waals surface area contributed by atoms with Crippen LogP contribution in [0.5, 0.6) is 11.5 Å². The average Bonchev–Trinajstić information content (AvgIpc) is 1.64. The van der Waals surface area contributed by atoms with Gasteiger partial charge in [-0.2, -0.15) is 0 Å². The number of benzene rings is 14. The molecule has 14 aromatic carbocycles. The van der Waals surface area contributed by atoms with Gasteiger partial charge < -0.3 is 9.64 Å². The van der Waals surface area contributed by atoms with Crippen LogP contribution in [-0.4, -0.2) is 0 Å². The Morgan fingerprint density at radius 2 is 0.747 bits per heavy atom. The van der Waals surface area contributed by atoms with Crippen LogP contribution in [0.2, 0.25) is 0 Å². The summed E-state index contributed by atoms with van der Waals surface area (Å²) in [4.78, 5) is 2.53. The first kappa shape index (κ1) is 50.7. The van der Waals surface area contributed by atoms with Crippen LogP contribution in [0.3, 0.4) is 0 Å². The zero-order valence-corrected chi connectivity index (χ0v) is 49.9. The SMILES string of the molecule is C1=CCCC(C2(c3ccccc3)c3ccccc3-c3cc(N(c4ccc(-c5cccc6c5-c5ccccc5C65c6ccc7ccccc7c6Oc6c5ccc5ccccc65)cc4)c4ccc5c(c4)C4(c6ccccc6-c6ccccc64)c4ccccc4-5)ccc32)=C1. The first-order valence-electron chi connectivity index (χ1n) is 32.1. The lowest BCUT2D eigenvalue weighted by Crippen LogP contribution is -2.32. The Morgan fingerprint density at radius 1 is 0.297 bits per heavy atom. The number of hydrogen-bond acceptors (Lipinski definition) is 2. The van der Waals surface area contributed by atoms with Crippen molar-refractivity contribution in [1.29, 1.82) is 0 Å². The van der Waals surface area contributed by atoms with Crippen molar-refractivity contribution in [2.45, 2.75) is 29.1 Å². The van der Waals surface area contributed by atoms with E-state index in [4.69, 9.17) is 4.74 Å². The molecule has 6 aliphatic rings. The van der Waals surface area contributed by atoms with Gasteiger partial charge in [-0.3, -0.25) is 0 Å². The molecule has 91 heavy (non-hydrogen) atoms. The maximum Gasteiger partial charge on any atom is 0.140 e. The molecule has 424 valence electrons. The van der Waals surface area contributed by atoms with Crippen LogP contribution in [0, 0.1) is 0 Å². The number of anilines is 3. The fourth-order valence-electron chi connectivity index (χ4n) is 18.0. The monoisotopic (exact) mass is 1160 g/mol. The van der Waals surface area contributed by atoms with Crippen molar-refractivity contribution < 1.29 is 4.74 Å². The predicted molar refractivity (Wildman–Crippen MR) is 373 cm³/mol. The van der Waals surface area contributed by atoms with Gasteiger partial charge in [0, 0.05) is 39.0 Å². The smallest absolute Gasteiger partial charge is 0.140 e. The van der Waals surface area contributed by atoms with Gasteiger partial charge in [0.25, 0.3) is 0 Å². The molecule has 1 aliphatic heterocycles. The second kappa shape index (κ2) is 18.9. The maximum absolute atomic E-state index is 7.33. The van der Waals surface area contributed by atoms with Crippen LogP contribution in [-0.2, 0) is 16.2 Å². The quantitative estimate of drug-likeness (QED) is 0.165. The van der Waals surface area contributed by atoms with Crippen molar-refractivity contribution in [2.24, 2.45) is 0 Å². The topological polar surface area (TPSA) is 12.5 Å². The summed E-state index contributed by atoms with van der Waals surface area (Å²) in [6.07, 6.45) is 8.99. The van der Waals surface area contributed by atoms with E-state index in [9.17, 15) is 0 Å². The zero-order chi connectivity index (χ0) is 59.6. The lowest BCUT2D eigenvalue weighted by Gasteiger charge is -2.40. The first-order chi connectivity index (χ1) is 45.1. The van der Waals surface area contributed by atoms with Crippen molar-refractivity contribution in [1.82, 2.24) is 0 Å². The van der Waals surface area contributed by atoms with Gasteiger partial charge in [0.1, 0.15) is 11.5 Å². The number of nitrogens with zero attached hydrogens (tertiary/aromatic N) is 1. The van der Waals surface area contributed by atoms with E-state index in [-0.39, 0.29) is 0 Å². The molecule has 5 aliphatic carbocycles. The fourth-order valence-corrected chi connectivity index (χ4v) is 18.0. The molecule has 2 nitrogen and oxygen atoms in total. The Labute approximate surface area is 529 Å². The molecule has 0 aromatic heterocycles. The zero-order valence-electron chi connectivity index (χ0n) is 49.9. The second-order valence-electron chi connectivity index (χ2n) is 25.5. The van der Waals surface area contributed by atoms with E-state index in [2.05, 4.69) is 326 Å². The van der Waals surface area contributed by atoms with Crippen molar-refractivity contribution in [3.8, 4) is 67.1 Å². The van der Waals surface area contributed by atoms with Gasteiger partial charge in [0.2, 0.25) is 0 Å². The fraction of sp³-hybridized carbons (Fsp3) is 0.0562. The van der Waals surface area contributed by atoms with E-state index in [1.807, 2.05) is 0 Å². The third kappa shape index (κ3) is 6.55. The third-order valence-electron chi connectivity index (χ3n) is 21.5. The lowest BCUT2D eigenvalue weighted by molar-refractivity contribution is 0.447. The molecule has 20 rings (SSSR count). The number of fused-ring (bicyclic) bond motifs is 26. The highest BCUT2D eigenvalue weighted by molar-refractivity contribution is 6.03. The Hall–Kier alpha value is -11.3. The molecule has 1 unspecified atom stereocenters. The van der Waals surface area contributed by atoms with Gasteiger partial charge in [0.05, 0.1) is 16.2 Å². The largest absolute Gasteiger partial charge is 0.455 e. The lowest BCUT2D eigenvalue weighted by atomic mass is 9.65. The van der Waals surface area contributed by atoms with Crippen LogP contribution in [0.1, 0.15) is 74.0 Å². The summed E-state index contributed by atoms with van der Waals surface area (Å²) in [7, 11) is 0. The molecule has 0 amide bonds. The Balaban J connectivity index is 0.806. The molecule has 1 heterocycles. The predicted octanol–water partition coefficient (Wildman–Crippen LogP) is 22.5. The van der Waals surface area contributed by atoms with Gasteiger partial charge in [0.15, 0.2) is 0 Å². The molecular weight excluding hydrogens is 1100 g/mol. The van der Waals surface area contributed by atoms with Crippen LogP contribution in [0.25, 0.3) is 77.2 Å². The number of rotatable bonds is 6. The Kier molecular flexibility index (Phi) is 10.5. The molecule has 0 radical (unpaired) electrons. The Bertz CT molecular complexity index is 5380. The van der Waals surface area contributed by atoms with Crippen molar-refractivity contribution in [3.63, 3.8) is 0 Å². The van der Waals surface area contributed by atoms with E-state index in [0.29, 0.717) is 0 Å². The molecule has 1 atom stereocenters. The summed E-state index contributed by atoms with van der Waals surface area (Å²) in [6.45, 7) is 0. The summed E-state index contributed by atoms with van der Waals surface area (Å²) in [6, 6.07) is 115. The minimum absolute atomic E-state index is 0.443. The van der Waals surface area contributed by atoms with E-state index in [1.54, 1.807) is 0 Å². The maximum atomic E-state index is 7.33. The number of hydrogen-bond donors (Lipinski definition) is 0. The summed E-state index contributed by atoms with van der Waals surface area (Å²) < 4.78 is 7.33. The molecule has 0 saturated carbocycles. The van der Waals surface area contributed by atoms with E-state index >= 15 is 0 Å². The summed E-state index contributed by atoms with van der Waals surface area (Å²) >= 11 is 0. The molecule has 0 N–H and O–H groups in total. The normalized spacial score (nSPS) is 16.4. The molecular formula is C89H57NO. The minimum Gasteiger partial charge on any atom is -0.455 e. The van der Waals surface area contributed by atoms with Crippen LogP contribution >= 0.6 is 0 Å². The van der Waals surface area contributed by atoms with Crippen molar-refractivity contribution in [2.75, 3.05) is 4.90 Å². The summed E-state index contributed by atoms with van der Waals surface area (Å²) in [5, 5.41) is 4.55. The van der Waals surface area contributed by atoms with Crippen LogP contribution in [0.15, 0.2) is 327 Å². The molecule has 2 heteroatoms. The first-order valence-corrected chi connectivity index (χ1v) is 32.1. The Morgan fingerprint density at radius 3 is 1.36 bits per heavy atom. The second-order valence-corrected chi connectivity index (χ2v) is 25.5. The van der Waals surface area contributed by atoms with Gasteiger partial charge in [-0.15, -0.1) is 0 Å². The summed E-state index contributed by atoms with van der Waals surface area (Å²) in [5.74, 6) is 1.84. The standard InChI is InChI=1S/C89H57NO/c1-3-24-59(25-4-1)87(60-26-5-2-6-27-60)74-36-16-14-33-70(74)73-54-62(49-53-79(73)87)90(63-48-50-71-69-32-13-19-39-77(69)88(83(71)55-63)75-37-17-11-30-67(75)68-31-12-18-38-76(68)88)61-46-42-58(43-47-61)64-35-21-41-80-84(64)72-34-15-20-40-78(72)89(80)81-51-44-56-22-7-9-28-65(56)85(81)91-86-66-29-10-8-23-57(66)45-52-82(86)89/h1-5,7-26,28-55H,6,27H2. The molecule has 0 bridgehead atoms. The van der Waals surface area contributed by atoms with Crippen LogP contribution in [0.4, 0.5) is 17.1 Å².